The number of rotatable bonds is 10. The number of hydrogen-bond donors (Lipinski definition) is 2. The summed E-state index contributed by atoms with van der Waals surface area (Å²) in [6.45, 7) is 5.98. The van der Waals surface area contributed by atoms with Crippen LogP contribution in [0.2, 0.25) is 0 Å². The summed E-state index contributed by atoms with van der Waals surface area (Å²) >= 11 is 0. The van der Waals surface area contributed by atoms with Crippen LogP contribution in [0, 0.1) is 0 Å². The zero-order valence-electron chi connectivity index (χ0n) is 12.3. The Bertz CT molecular complexity index is 331. The van der Waals surface area contributed by atoms with E-state index in [0.717, 1.165) is 0 Å². The van der Waals surface area contributed by atoms with Crippen molar-refractivity contribution in [2.45, 2.75) is 39.7 Å². The van der Waals surface area contributed by atoms with Gasteiger partial charge in [-0.1, -0.05) is 0 Å². The fourth-order valence-corrected chi connectivity index (χ4v) is 1.53. The summed E-state index contributed by atoms with van der Waals surface area (Å²) in [4.78, 5) is 34.9. The number of aliphatic carboxylic acids is 1. The second kappa shape index (κ2) is 10.2. The minimum Gasteiger partial charge on any atom is -0.480 e. The van der Waals surface area contributed by atoms with Gasteiger partial charge in [-0.15, -0.1) is 0 Å². The molecule has 0 atom stereocenters. The summed E-state index contributed by atoms with van der Waals surface area (Å²) in [5, 5.41) is 11.4. The van der Waals surface area contributed by atoms with Crippen LogP contribution in [-0.4, -0.2) is 60.1 Å². The molecule has 0 unspecified atom stereocenters. The molecule has 0 aliphatic carbocycles. The number of esters is 1. The monoisotopic (exact) mass is 288 g/mol. The molecule has 0 radical (unpaired) electrons. The lowest BCUT2D eigenvalue weighted by Gasteiger charge is -2.23. The fourth-order valence-electron chi connectivity index (χ4n) is 1.53. The van der Waals surface area contributed by atoms with Crippen molar-refractivity contribution in [3.05, 3.63) is 0 Å². The number of amides is 1. The molecule has 0 saturated carbocycles. The molecule has 116 valence electrons. The van der Waals surface area contributed by atoms with Gasteiger partial charge in [0.15, 0.2) is 0 Å². The molecule has 0 saturated heterocycles. The highest BCUT2D eigenvalue weighted by atomic mass is 16.5. The summed E-state index contributed by atoms with van der Waals surface area (Å²) in [5.41, 5.74) is 0. The summed E-state index contributed by atoms with van der Waals surface area (Å²) in [5.74, 6) is -1.49. The van der Waals surface area contributed by atoms with Gasteiger partial charge in [0.25, 0.3) is 0 Å². The number of carboxylic acids is 1. The van der Waals surface area contributed by atoms with E-state index in [2.05, 4.69) is 5.32 Å². The quantitative estimate of drug-likeness (QED) is 0.441. The van der Waals surface area contributed by atoms with Crippen molar-refractivity contribution in [2.75, 3.05) is 26.2 Å². The van der Waals surface area contributed by atoms with Crippen LogP contribution in [0.4, 0.5) is 0 Å². The Balaban J connectivity index is 3.91. The lowest BCUT2D eigenvalue weighted by Crippen LogP contribution is -2.43. The maximum absolute atomic E-state index is 11.6. The molecule has 0 heterocycles. The van der Waals surface area contributed by atoms with Gasteiger partial charge in [0, 0.05) is 19.0 Å². The molecule has 0 aromatic rings. The summed E-state index contributed by atoms with van der Waals surface area (Å²) in [7, 11) is 0. The topological polar surface area (TPSA) is 95.9 Å². The van der Waals surface area contributed by atoms with Crippen molar-refractivity contribution < 1.29 is 24.2 Å². The normalized spacial score (nSPS) is 10.7. The first-order chi connectivity index (χ1) is 9.36. The van der Waals surface area contributed by atoms with E-state index >= 15 is 0 Å². The number of ether oxygens (including phenoxy) is 1. The second-order valence-corrected chi connectivity index (χ2v) is 4.65. The van der Waals surface area contributed by atoms with Gasteiger partial charge in [0.1, 0.15) is 0 Å². The predicted molar refractivity (Wildman–Crippen MR) is 73.2 cm³/mol. The molecule has 7 nitrogen and oxygen atoms in total. The van der Waals surface area contributed by atoms with Crippen molar-refractivity contribution >= 4 is 17.8 Å². The number of hydrogen-bond acceptors (Lipinski definition) is 5. The van der Waals surface area contributed by atoms with Gasteiger partial charge in [0.2, 0.25) is 5.91 Å². The third-order valence-corrected chi connectivity index (χ3v) is 2.60. The molecule has 0 aromatic carbocycles. The van der Waals surface area contributed by atoms with Crippen LogP contribution in [0.15, 0.2) is 0 Å². The Hall–Kier alpha value is -1.63. The number of nitrogens with zero attached hydrogens (tertiary/aromatic N) is 1. The molecule has 1 amide bonds. The third kappa shape index (κ3) is 9.32. The first kappa shape index (κ1) is 18.4. The van der Waals surface area contributed by atoms with E-state index in [0.29, 0.717) is 19.6 Å². The largest absolute Gasteiger partial charge is 0.480 e. The smallest absolute Gasteiger partial charge is 0.317 e. The second-order valence-electron chi connectivity index (χ2n) is 4.65. The Morgan fingerprint density at radius 1 is 1.25 bits per heavy atom. The zero-order valence-corrected chi connectivity index (χ0v) is 12.3. The highest BCUT2D eigenvalue weighted by molar-refractivity contribution is 5.79. The van der Waals surface area contributed by atoms with E-state index < -0.39 is 5.97 Å². The first-order valence-electron chi connectivity index (χ1n) is 6.75. The maximum atomic E-state index is 11.6. The van der Waals surface area contributed by atoms with E-state index in [-0.39, 0.29) is 37.4 Å². The fraction of sp³-hybridized carbons (Fsp3) is 0.769. The van der Waals surface area contributed by atoms with E-state index in [9.17, 15) is 14.4 Å². The van der Waals surface area contributed by atoms with Crippen molar-refractivity contribution in [3.8, 4) is 0 Å². The first-order valence-corrected chi connectivity index (χ1v) is 6.75. The molecular weight excluding hydrogens is 264 g/mol. The molecule has 2 N–H and O–H groups in total. The molecule has 0 aliphatic rings. The molecular formula is C13H24N2O5. The minimum atomic E-state index is -0.964. The van der Waals surface area contributed by atoms with Gasteiger partial charge in [-0.25, -0.2) is 0 Å². The highest BCUT2D eigenvalue weighted by Gasteiger charge is 2.16. The zero-order chi connectivity index (χ0) is 15.5. The number of carbonyl (C=O) groups is 3. The van der Waals surface area contributed by atoms with Gasteiger partial charge in [-0.3, -0.25) is 19.3 Å². The molecule has 0 aliphatic heterocycles. The van der Waals surface area contributed by atoms with Crippen molar-refractivity contribution in [3.63, 3.8) is 0 Å². The standard InChI is InChI=1S/C13H24N2O5/c1-4-20-13(19)6-5-7-14-11(16)8-15(10(2)3)9-12(17)18/h10H,4-9H2,1-3H3,(H,14,16)(H,17,18). The van der Waals surface area contributed by atoms with Crippen LogP contribution >= 0.6 is 0 Å². The molecule has 0 spiro atoms. The van der Waals surface area contributed by atoms with Crippen LogP contribution in [0.25, 0.3) is 0 Å². The molecule has 0 fully saturated rings. The van der Waals surface area contributed by atoms with Gasteiger partial charge >= 0.3 is 11.9 Å². The van der Waals surface area contributed by atoms with Crippen molar-refractivity contribution in [1.82, 2.24) is 10.2 Å². The molecule has 0 aromatic heterocycles. The molecule has 0 rings (SSSR count). The van der Waals surface area contributed by atoms with E-state index in [4.69, 9.17) is 9.84 Å². The predicted octanol–water partition coefficient (Wildman–Crippen LogP) is 0.241. The maximum Gasteiger partial charge on any atom is 0.317 e. The average Bonchev–Trinajstić information content (AvgIpc) is 2.33. The van der Waals surface area contributed by atoms with Crippen LogP contribution in [0.5, 0.6) is 0 Å². The average molecular weight is 288 g/mol. The van der Waals surface area contributed by atoms with E-state index in [1.165, 1.54) is 0 Å². The highest BCUT2D eigenvalue weighted by Crippen LogP contribution is 1.97. The lowest BCUT2D eigenvalue weighted by atomic mass is 10.3. The third-order valence-electron chi connectivity index (χ3n) is 2.60. The number of carboxylic acid groups (broad SMARTS) is 1. The van der Waals surface area contributed by atoms with Crippen LogP contribution in [-0.2, 0) is 19.1 Å². The van der Waals surface area contributed by atoms with Gasteiger partial charge in [-0.05, 0) is 27.2 Å². The van der Waals surface area contributed by atoms with Crippen LogP contribution in [0.1, 0.15) is 33.6 Å². The Morgan fingerprint density at radius 2 is 1.90 bits per heavy atom. The van der Waals surface area contributed by atoms with E-state index in [1.54, 1.807) is 11.8 Å². The van der Waals surface area contributed by atoms with E-state index in [1.807, 2.05) is 13.8 Å². The van der Waals surface area contributed by atoms with Gasteiger partial charge < -0.3 is 15.2 Å². The Morgan fingerprint density at radius 3 is 2.40 bits per heavy atom. The molecule has 0 bridgehead atoms. The van der Waals surface area contributed by atoms with Crippen LogP contribution in [0.3, 0.4) is 0 Å². The van der Waals surface area contributed by atoms with Gasteiger partial charge in [-0.2, -0.15) is 0 Å². The lowest BCUT2D eigenvalue weighted by molar-refractivity contribution is -0.143. The van der Waals surface area contributed by atoms with Crippen molar-refractivity contribution in [1.29, 1.82) is 0 Å². The summed E-state index contributed by atoms with van der Waals surface area (Å²) in [6, 6.07) is -0.0311. The minimum absolute atomic E-state index is 0.0311. The Labute approximate surface area is 119 Å². The Kier molecular flexibility index (Phi) is 9.36. The molecule has 20 heavy (non-hydrogen) atoms. The number of nitrogens with one attached hydrogen (secondary N) is 1. The van der Waals surface area contributed by atoms with Crippen LogP contribution < -0.4 is 5.32 Å². The summed E-state index contributed by atoms with van der Waals surface area (Å²) in [6.07, 6.45) is 0.766. The SMILES string of the molecule is CCOC(=O)CCCNC(=O)CN(CC(=O)O)C(C)C. The summed E-state index contributed by atoms with van der Waals surface area (Å²) < 4.78 is 4.76. The van der Waals surface area contributed by atoms with Crippen molar-refractivity contribution in [2.24, 2.45) is 0 Å². The molecule has 7 heteroatoms. The van der Waals surface area contributed by atoms with Gasteiger partial charge in [0.05, 0.1) is 19.7 Å². The number of carbonyl (C=O) groups excluding carboxylic acids is 2.